The molecule has 0 aliphatic carbocycles. The maximum absolute atomic E-state index is 12.0. The third-order valence-corrected chi connectivity index (χ3v) is 5.22. The van der Waals surface area contributed by atoms with Crippen LogP contribution in [0.25, 0.3) is 0 Å². The molecule has 128 valence electrons. The normalized spacial score (nSPS) is 18.8. The Balaban J connectivity index is 1.83. The van der Waals surface area contributed by atoms with E-state index in [1.165, 1.54) is 10.6 Å². The third kappa shape index (κ3) is 5.21. The summed E-state index contributed by atoms with van der Waals surface area (Å²) in [5, 5.41) is 2.84. The second kappa shape index (κ2) is 7.79. The Bertz CT molecular complexity index is 628. The van der Waals surface area contributed by atoms with Crippen LogP contribution in [-0.2, 0) is 21.2 Å². The van der Waals surface area contributed by atoms with Gasteiger partial charge in [-0.3, -0.25) is 4.79 Å². The van der Waals surface area contributed by atoms with Crippen molar-refractivity contribution in [2.45, 2.75) is 32.2 Å². The molecule has 1 aliphatic rings. The fraction of sp³-hybridized carbons (Fsp3) is 0.562. The highest BCUT2D eigenvalue weighted by atomic mass is 32.2. The summed E-state index contributed by atoms with van der Waals surface area (Å²) in [4.78, 5) is 12.0. The van der Waals surface area contributed by atoms with Gasteiger partial charge in [-0.25, -0.2) is 8.42 Å². The first-order valence-corrected chi connectivity index (χ1v) is 9.70. The molecule has 1 N–H and O–H groups in total. The summed E-state index contributed by atoms with van der Waals surface area (Å²) in [5.41, 5.74) is 0.900. The lowest BCUT2D eigenvalue weighted by atomic mass is 10.1. The summed E-state index contributed by atoms with van der Waals surface area (Å²) >= 11 is 0. The Hall–Kier alpha value is -1.60. The molecular weight excluding hydrogens is 316 g/mol. The molecule has 6 nitrogen and oxygen atoms in total. The van der Waals surface area contributed by atoms with Crippen LogP contribution in [0.4, 0.5) is 0 Å². The average Bonchev–Trinajstić information content (AvgIpc) is 2.96. The molecule has 0 radical (unpaired) electrons. The summed E-state index contributed by atoms with van der Waals surface area (Å²) in [7, 11) is -3.20. The van der Waals surface area contributed by atoms with Gasteiger partial charge in [-0.15, -0.1) is 0 Å². The lowest BCUT2D eigenvalue weighted by Gasteiger charge is -2.22. The second-order valence-electron chi connectivity index (χ2n) is 5.73. The molecule has 0 aromatic heterocycles. The molecule has 1 aliphatic heterocycles. The topological polar surface area (TPSA) is 75.7 Å². The number of ether oxygens (including phenoxy) is 1. The molecule has 0 spiro atoms. The van der Waals surface area contributed by atoms with E-state index in [0.717, 1.165) is 24.2 Å². The van der Waals surface area contributed by atoms with Crippen LogP contribution >= 0.6 is 0 Å². The molecule has 23 heavy (non-hydrogen) atoms. The first-order chi connectivity index (χ1) is 10.9. The van der Waals surface area contributed by atoms with E-state index in [9.17, 15) is 13.2 Å². The fourth-order valence-electron chi connectivity index (χ4n) is 2.80. The smallest absolute Gasteiger partial charge is 0.224 e. The molecule has 1 fully saturated rings. The summed E-state index contributed by atoms with van der Waals surface area (Å²) < 4.78 is 30.2. The predicted molar refractivity (Wildman–Crippen MR) is 88.9 cm³/mol. The van der Waals surface area contributed by atoms with Crippen LogP contribution < -0.4 is 10.1 Å². The number of hydrogen-bond donors (Lipinski definition) is 1. The van der Waals surface area contributed by atoms with Crippen molar-refractivity contribution < 1.29 is 17.9 Å². The van der Waals surface area contributed by atoms with Crippen molar-refractivity contribution >= 4 is 15.9 Å². The van der Waals surface area contributed by atoms with E-state index in [1.54, 1.807) is 0 Å². The van der Waals surface area contributed by atoms with Crippen molar-refractivity contribution in [1.82, 2.24) is 9.62 Å². The lowest BCUT2D eigenvalue weighted by molar-refractivity contribution is -0.120. The lowest BCUT2D eigenvalue weighted by Crippen LogP contribution is -2.43. The van der Waals surface area contributed by atoms with Gasteiger partial charge in [0.2, 0.25) is 15.9 Å². The van der Waals surface area contributed by atoms with Crippen molar-refractivity contribution in [3.8, 4) is 5.75 Å². The largest absolute Gasteiger partial charge is 0.494 e. The number of carbonyl (C=O) groups is 1. The minimum absolute atomic E-state index is 0.102. The maximum atomic E-state index is 12.0. The SMILES string of the molecule is CCOc1ccc(CC(=O)NCC2CCCN2S(C)(=O)=O)cc1. The molecule has 0 bridgehead atoms. The number of carbonyl (C=O) groups excluding carboxylic acids is 1. The maximum Gasteiger partial charge on any atom is 0.224 e. The summed E-state index contributed by atoms with van der Waals surface area (Å²) in [6.45, 7) is 3.43. The van der Waals surface area contributed by atoms with Crippen LogP contribution in [0.15, 0.2) is 24.3 Å². The molecule has 1 aromatic carbocycles. The summed E-state index contributed by atoms with van der Waals surface area (Å²) in [6, 6.07) is 7.28. The van der Waals surface area contributed by atoms with Crippen molar-refractivity contribution in [2.75, 3.05) is 26.0 Å². The van der Waals surface area contributed by atoms with Crippen LogP contribution in [0.5, 0.6) is 5.75 Å². The molecule has 1 saturated heterocycles. The van der Waals surface area contributed by atoms with Gasteiger partial charge in [-0.1, -0.05) is 12.1 Å². The Morgan fingerprint density at radius 3 is 2.65 bits per heavy atom. The van der Waals surface area contributed by atoms with Gasteiger partial charge in [0.1, 0.15) is 5.75 Å². The zero-order valence-corrected chi connectivity index (χ0v) is 14.4. The van der Waals surface area contributed by atoms with Crippen molar-refractivity contribution in [2.24, 2.45) is 0 Å². The van der Waals surface area contributed by atoms with Gasteiger partial charge in [0.25, 0.3) is 0 Å². The van der Waals surface area contributed by atoms with Crippen LogP contribution in [0.1, 0.15) is 25.3 Å². The predicted octanol–water partition coefficient (Wildman–Crippen LogP) is 1.17. The van der Waals surface area contributed by atoms with E-state index in [2.05, 4.69) is 5.32 Å². The zero-order chi connectivity index (χ0) is 16.9. The molecule has 7 heteroatoms. The van der Waals surface area contributed by atoms with Crippen LogP contribution in [0.3, 0.4) is 0 Å². The number of amides is 1. The summed E-state index contributed by atoms with van der Waals surface area (Å²) in [5.74, 6) is 0.681. The number of hydrogen-bond acceptors (Lipinski definition) is 4. The Labute approximate surface area is 137 Å². The Morgan fingerprint density at radius 2 is 2.04 bits per heavy atom. The van der Waals surface area contributed by atoms with Gasteiger partial charge in [0.05, 0.1) is 19.3 Å². The van der Waals surface area contributed by atoms with E-state index in [-0.39, 0.29) is 18.4 Å². The van der Waals surface area contributed by atoms with Gasteiger partial charge in [-0.05, 0) is 37.5 Å². The van der Waals surface area contributed by atoms with Crippen LogP contribution in [-0.4, -0.2) is 50.6 Å². The number of sulfonamides is 1. The van der Waals surface area contributed by atoms with Crippen molar-refractivity contribution in [1.29, 1.82) is 0 Å². The van der Waals surface area contributed by atoms with Crippen LogP contribution in [0, 0.1) is 0 Å². The zero-order valence-electron chi connectivity index (χ0n) is 13.6. The van der Waals surface area contributed by atoms with E-state index in [1.807, 2.05) is 31.2 Å². The monoisotopic (exact) mass is 340 g/mol. The van der Waals surface area contributed by atoms with Crippen LogP contribution in [0.2, 0.25) is 0 Å². The summed E-state index contributed by atoms with van der Waals surface area (Å²) in [6.07, 6.45) is 3.12. The molecule has 1 atom stereocenters. The first kappa shape index (κ1) is 17.7. The Morgan fingerprint density at radius 1 is 1.35 bits per heavy atom. The number of nitrogens with one attached hydrogen (secondary N) is 1. The van der Waals surface area contributed by atoms with Gasteiger partial charge in [0.15, 0.2) is 0 Å². The number of rotatable bonds is 7. The van der Waals surface area contributed by atoms with E-state index in [0.29, 0.717) is 19.7 Å². The number of nitrogens with zero attached hydrogens (tertiary/aromatic N) is 1. The van der Waals surface area contributed by atoms with E-state index >= 15 is 0 Å². The van der Waals surface area contributed by atoms with Gasteiger partial charge in [-0.2, -0.15) is 4.31 Å². The first-order valence-electron chi connectivity index (χ1n) is 7.85. The molecule has 0 saturated carbocycles. The molecule has 1 amide bonds. The number of benzene rings is 1. The van der Waals surface area contributed by atoms with E-state index < -0.39 is 10.0 Å². The highest BCUT2D eigenvalue weighted by Gasteiger charge is 2.31. The average molecular weight is 340 g/mol. The molecule has 1 unspecified atom stereocenters. The van der Waals surface area contributed by atoms with E-state index in [4.69, 9.17) is 4.74 Å². The second-order valence-corrected chi connectivity index (χ2v) is 7.66. The van der Waals surface area contributed by atoms with Gasteiger partial charge < -0.3 is 10.1 Å². The fourth-order valence-corrected chi connectivity index (χ4v) is 3.98. The molecule has 1 aromatic rings. The Kier molecular flexibility index (Phi) is 6.01. The molecule has 2 rings (SSSR count). The highest BCUT2D eigenvalue weighted by molar-refractivity contribution is 7.88. The van der Waals surface area contributed by atoms with Gasteiger partial charge >= 0.3 is 0 Å². The molecular formula is C16H24N2O4S. The minimum Gasteiger partial charge on any atom is -0.494 e. The standard InChI is InChI=1S/C16H24N2O4S/c1-3-22-15-8-6-13(7-9-15)11-16(19)17-12-14-5-4-10-18(14)23(2,20)21/h6-9,14H,3-5,10-12H2,1-2H3,(H,17,19). The third-order valence-electron chi connectivity index (χ3n) is 3.88. The van der Waals surface area contributed by atoms with Crippen molar-refractivity contribution in [3.63, 3.8) is 0 Å². The van der Waals surface area contributed by atoms with Crippen molar-refractivity contribution in [3.05, 3.63) is 29.8 Å². The minimum atomic E-state index is -3.20. The molecule has 1 heterocycles. The van der Waals surface area contributed by atoms with Gasteiger partial charge in [0, 0.05) is 19.1 Å². The highest BCUT2D eigenvalue weighted by Crippen LogP contribution is 2.19. The quantitative estimate of drug-likeness (QED) is 0.808.